The zero-order chi connectivity index (χ0) is 13.7. The lowest BCUT2D eigenvalue weighted by Crippen LogP contribution is -2.29. The van der Waals surface area contributed by atoms with Crippen molar-refractivity contribution >= 4 is 23.6 Å². The molecule has 2 aliphatic heterocycles. The van der Waals surface area contributed by atoms with E-state index in [9.17, 15) is 19.2 Å². The number of rotatable bonds is 2. The number of likely N-dealkylation sites (tertiary alicyclic amines) is 1. The van der Waals surface area contributed by atoms with Gasteiger partial charge in [0.15, 0.2) is 0 Å². The average Bonchev–Trinajstić information content (AvgIpc) is 2.83. The van der Waals surface area contributed by atoms with Crippen LogP contribution in [0, 0.1) is 0 Å². The van der Waals surface area contributed by atoms with Crippen molar-refractivity contribution < 1.29 is 19.2 Å². The molecule has 20 heavy (non-hydrogen) atoms. The smallest absolute Gasteiger partial charge is 0.253 e. The Morgan fingerprint density at radius 2 is 1.15 bits per heavy atom. The van der Waals surface area contributed by atoms with Gasteiger partial charge in [0.2, 0.25) is 11.8 Å². The van der Waals surface area contributed by atoms with E-state index in [4.69, 9.17) is 0 Å². The SMILES string of the molecule is C.C.CCN1C(=O)C=CC1=O.CCN1C(=O)CCC1=O. The normalized spacial score (nSPS) is 16.7. The highest BCUT2D eigenvalue weighted by molar-refractivity contribution is 6.12. The fourth-order valence-electron chi connectivity index (χ4n) is 1.72. The van der Waals surface area contributed by atoms with E-state index in [0.717, 1.165) is 0 Å². The van der Waals surface area contributed by atoms with Gasteiger partial charge in [0.25, 0.3) is 11.8 Å². The van der Waals surface area contributed by atoms with Gasteiger partial charge in [-0.05, 0) is 13.8 Å². The second-order valence-corrected chi connectivity index (χ2v) is 3.79. The number of hydrogen-bond donors (Lipinski definition) is 0. The van der Waals surface area contributed by atoms with Crippen LogP contribution in [0.4, 0.5) is 0 Å². The maximum atomic E-state index is 10.7. The Kier molecular flexibility index (Phi) is 9.16. The summed E-state index contributed by atoms with van der Waals surface area (Å²) in [4.78, 5) is 45.2. The predicted octanol–water partition coefficient (Wildman–Crippen LogP) is 1.36. The van der Waals surface area contributed by atoms with Gasteiger partial charge >= 0.3 is 0 Å². The lowest BCUT2D eigenvalue weighted by Gasteiger charge is -2.08. The maximum absolute atomic E-state index is 10.7. The number of nitrogens with zero attached hydrogens (tertiary/aromatic N) is 2. The highest BCUT2D eigenvalue weighted by Crippen LogP contribution is 2.09. The molecule has 0 unspecified atom stereocenters. The number of likely N-dealkylation sites (N-methyl/N-ethyl adjacent to an activating group) is 1. The number of amides is 4. The number of carbonyl (C=O) groups excluding carboxylic acids is 4. The van der Waals surface area contributed by atoms with Crippen LogP contribution in [0.1, 0.15) is 41.5 Å². The van der Waals surface area contributed by atoms with Gasteiger partial charge in [-0.2, -0.15) is 0 Å². The molecule has 0 aliphatic carbocycles. The average molecular weight is 284 g/mol. The van der Waals surface area contributed by atoms with Crippen LogP contribution in [-0.4, -0.2) is 46.5 Å². The molecule has 1 saturated heterocycles. The topological polar surface area (TPSA) is 74.8 Å². The molecule has 0 aromatic rings. The summed E-state index contributed by atoms with van der Waals surface area (Å²) < 4.78 is 0. The Balaban J connectivity index is 0. The van der Waals surface area contributed by atoms with Crippen LogP contribution in [0.15, 0.2) is 12.2 Å². The Morgan fingerprint density at radius 3 is 1.35 bits per heavy atom. The summed E-state index contributed by atoms with van der Waals surface area (Å²) in [6.07, 6.45) is 3.39. The molecular weight excluding hydrogens is 260 g/mol. The van der Waals surface area contributed by atoms with Gasteiger partial charge in [0.05, 0.1) is 0 Å². The Bertz CT molecular complexity index is 379. The summed E-state index contributed by atoms with van der Waals surface area (Å²) >= 11 is 0. The molecule has 2 heterocycles. The lowest BCUT2D eigenvalue weighted by molar-refractivity contribution is -0.139. The van der Waals surface area contributed by atoms with E-state index in [-0.39, 0.29) is 38.5 Å². The van der Waals surface area contributed by atoms with Crippen molar-refractivity contribution in [3.05, 3.63) is 12.2 Å². The molecule has 1 fully saturated rings. The minimum absolute atomic E-state index is 0. The second-order valence-electron chi connectivity index (χ2n) is 3.79. The van der Waals surface area contributed by atoms with Crippen LogP contribution in [0.25, 0.3) is 0 Å². The van der Waals surface area contributed by atoms with Crippen molar-refractivity contribution in [1.82, 2.24) is 9.80 Å². The van der Waals surface area contributed by atoms with Crippen molar-refractivity contribution in [3.63, 3.8) is 0 Å². The molecule has 2 rings (SSSR count). The summed E-state index contributed by atoms with van der Waals surface area (Å²) in [5, 5.41) is 0. The van der Waals surface area contributed by atoms with Gasteiger partial charge in [-0.3, -0.25) is 29.0 Å². The van der Waals surface area contributed by atoms with Crippen molar-refractivity contribution in [2.75, 3.05) is 13.1 Å². The van der Waals surface area contributed by atoms with Gasteiger partial charge < -0.3 is 0 Å². The van der Waals surface area contributed by atoms with Gasteiger partial charge in [-0.15, -0.1) is 0 Å². The summed E-state index contributed by atoms with van der Waals surface area (Å²) in [7, 11) is 0. The summed E-state index contributed by atoms with van der Waals surface area (Å²) in [5.74, 6) is -0.463. The van der Waals surface area contributed by atoms with Crippen molar-refractivity contribution in [1.29, 1.82) is 0 Å². The van der Waals surface area contributed by atoms with Crippen molar-refractivity contribution in [2.24, 2.45) is 0 Å². The number of hydrogen-bond acceptors (Lipinski definition) is 4. The molecular formula is C14H24N2O4. The van der Waals surface area contributed by atoms with E-state index in [1.807, 2.05) is 0 Å². The van der Waals surface area contributed by atoms with Crippen LogP contribution >= 0.6 is 0 Å². The Labute approximate surface area is 120 Å². The Morgan fingerprint density at radius 1 is 0.800 bits per heavy atom. The first-order valence-corrected chi connectivity index (χ1v) is 5.88. The van der Waals surface area contributed by atoms with Crippen LogP contribution in [-0.2, 0) is 19.2 Å². The summed E-state index contributed by atoms with van der Waals surface area (Å²) in [5.41, 5.74) is 0. The standard InChI is InChI=1S/C6H9NO2.C6H7NO2.2CH4/c2*1-2-7-5(8)3-4-6(7)9;;/h2-4H2,1H3;3-4H,2H2,1H3;2*1H4. The quantitative estimate of drug-likeness (QED) is 0.717. The monoisotopic (exact) mass is 284 g/mol. The summed E-state index contributed by atoms with van der Waals surface area (Å²) in [6.45, 7) is 4.56. The molecule has 0 N–H and O–H groups in total. The zero-order valence-corrected chi connectivity index (χ0v) is 10.5. The molecule has 2 aliphatic rings. The van der Waals surface area contributed by atoms with E-state index in [2.05, 4.69) is 0 Å². The number of imide groups is 2. The van der Waals surface area contributed by atoms with Gasteiger partial charge in [-0.1, -0.05) is 14.9 Å². The van der Waals surface area contributed by atoms with E-state index < -0.39 is 0 Å². The van der Waals surface area contributed by atoms with Crippen LogP contribution in [0.3, 0.4) is 0 Å². The fourth-order valence-corrected chi connectivity index (χ4v) is 1.72. The van der Waals surface area contributed by atoms with E-state index in [1.54, 1.807) is 13.8 Å². The lowest BCUT2D eigenvalue weighted by atomic mass is 10.4. The molecule has 0 aromatic heterocycles. The van der Waals surface area contributed by atoms with Crippen molar-refractivity contribution in [3.8, 4) is 0 Å². The van der Waals surface area contributed by atoms with E-state index in [0.29, 0.717) is 25.9 Å². The third-order valence-electron chi connectivity index (χ3n) is 2.69. The molecule has 0 saturated carbocycles. The molecule has 0 aromatic carbocycles. The van der Waals surface area contributed by atoms with Gasteiger partial charge in [0, 0.05) is 38.1 Å². The largest absolute Gasteiger partial charge is 0.283 e. The molecule has 4 amide bonds. The molecule has 114 valence electrons. The predicted molar refractivity (Wildman–Crippen MR) is 76.6 cm³/mol. The minimum atomic E-state index is -0.206. The van der Waals surface area contributed by atoms with Gasteiger partial charge in [0.1, 0.15) is 0 Å². The highest BCUT2D eigenvalue weighted by atomic mass is 16.2. The maximum Gasteiger partial charge on any atom is 0.253 e. The number of carbonyl (C=O) groups is 4. The molecule has 6 nitrogen and oxygen atoms in total. The third kappa shape index (κ3) is 4.60. The minimum Gasteiger partial charge on any atom is -0.283 e. The first-order valence-electron chi connectivity index (χ1n) is 5.88. The van der Waals surface area contributed by atoms with E-state index >= 15 is 0 Å². The highest BCUT2D eigenvalue weighted by Gasteiger charge is 2.26. The van der Waals surface area contributed by atoms with Crippen LogP contribution in [0.2, 0.25) is 0 Å². The second kappa shape index (κ2) is 9.01. The molecule has 6 heteroatoms. The fraction of sp³-hybridized carbons (Fsp3) is 0.571. The first-order chi connectivity index (χ1) is 8.51. The van der Waals surface area contributed by atoms with Crippen LogP contribution < -0.4 is 0 Å². The first kappa shape index (κ1) is 20.3. The molecule has 0 spiro atoms. The zero-order valence-electron chi connectivity index (χ0n) is 10.5. The molecule has 0 bridgehead atoms. The van der Waals surface area contributed by atoms with Gasteiger partial charge in [-0.25, -0.2) is 0 Å². The van der Waals surface area contributed by atoms with Crippen LogP contribution in [0.5, 0.6) is 0 Å². The summed E-state index contributed by atoms with van der Waals surface area (Å²) in [6, 6.07) is 0. The third-order valence-corrected chi connectivity index (χ3v) is 2.69. The Hall–Kier alpha value is -1.98. The van der Waals surface area contributed by atoms with Crippen molar-refractivity contribution in [2.45, 2.75) is 41.5 Å². The van der Waals surface area contributed by atoms with E-state index in [1.165, 1.54) is 22.0 Å². The molecule has 0 atom stereocenters. The molecule has 0 radical (unpaired) electrons.